The zero-order valence-electron chi connectivity index (χ0n) is 10.6. The summed E-state index contributed by atoms with van der Waals surface area (Å²) in [5.41, 5.74) is 0.0735. The van der Waals surface area contributed by atoms with Gasteiger partial charge in [0.25, 0.3) is 0 Å². The summed E-state index contributed by atoms with van der Waals surface area (Å²) < 4.78 is 5.43. The summed E-state index contributed by atoms with van der Waals surface area (Å²) in [5, 5.41) is 10.7. The van der Waals surface area contributed by atoms with Crippen molar-refractivity contribution in [2.24, 2.45) is 0 Å². The van der Waals surface area contributed by atoms with Gasteiger partial charge >= 0.3 is 0 Å². The Bertz CT molecular complexity index is 382. The van der Waals surface area contributed by atoms with Crippen LogP contribution in [-0.2, 0) is 10.3 Å². The van der Waals surface area contributed by atoms with E-state index >= 15 is 0 Å². The number of hydrogen-bond donors (Lipinski definition) is 1. The van der Waals surface area contributed by atoms with Crippen LogP contribution in [0.2, 0.25) is 0 Å². The van der Waals surface area contributed by atoms with Gasteiger partial charge in [-0.1, -0.05) is 6.07 Å². The zero-order chi connectivity index (χ0) is 12.4. The second-order valence-electron chi connectivity index (χ2n) is 5.30. The quantitative estimate of drug-likeness (QED) is 0.853. The van der Waals surface area contributed by atoms with Gasteiger partial charge in [-0.2, -0.15) is 0 Å². The molecule has 2 aliphatic heterocycles. The van der Waals surface area contributed by atoms with Gasteiger partial charge < -0.3 is 9.84 Å². The van der Waals surface area contributed by atoms with Crippen LogP contribution < -0.4 is 0 Å². The molecule has 1 atom stereocenters. The number of pyridine rings is 1. The van der Waals surface area contributed by atoms with E-state index in [1.165, 1.54) is 0 Å². The number of ether oxygens (including phenoxy) is 1. The Kier molecular flexibility index (Phi) is 3.33. The number of nitrogens with zero attached hydrogens (tertiary/aromatic N) is 2. The van der Waals surface area contributed by atoms with Gasteiger partial charge in [0.2, 0.25) is 0 Å². The first-order chi connectivity index (χ1) is 8.78. The van der Waals surface area contributed by atoms with Gasteiger partial charge in [-0.3, -0.25) is 9.88 Å². The molecule has 4 nitrogen and oxygen atoms in total. The van der Waals surface area contributed by atoms with Crippen molar-refractivity contribution in [2.45, 2.75) is 30.9 Å². The first-order valence-corrected chi connectivity index (χ1v) is 6.74. The normalized spacial score (nSPS) is 28.4. The lowest BCUT2D eigenvalue weighted by Gasteiger charge is -2.40. The highest BCUT2D eigenvalue weighted by Gasteiger charge is 2.37. The summed E-state index contributed by atoms with van der Waals surface area (Å²) in [6.45, 7) is 3.59. The maximum atomic E-state index is 10.7. The summed E-state index contributed by atoms with van der Waals surface area (Å²) in [4.78, 5) is 6.75. The number of piperidine rings is 1. The summed E-state index contributed by atoms with van der Waals surface area (Å²) in [6, 6.07) is 6.31. The molecule has 18 heavy (non-hydrogen) atoms. The van der Waals surface area contributed by atoms with Crippen molar-refractivity contribution in [1.29, 1.82) is 0 Å². The molecular weight excluding hydrogens is 228 g/mol. The van der Waals surface area contributed by atoms with Crippen molar-refractivity contribution in [2.75, 3.05) is 26.3 Å². The summed E-state index contributed by atoms with van der Waals surface area (Å²) >= 11 is 0. The minimum atomic E-state index is -0.739. The van der Waals surface area contributed by atoms with Crippen LogP contribution in [0.15, 0.2) is 24.4 Å². The first kappa shape index (κ1) is 12.1. The van der Waals surface area contributed by atoms with Gasteiger partial charge in [0.05, 0.1) is 12.3 Å². The van der Waals surface area contributed by atoms with Crippen LogP contribution in [0.1, 0.15) is 25.0 Å². The van der Waals surface area contributed by atoms with E-state index in [1.54, 1.807) is 6.20 Å². The Balaban J connectivity index is 1.65. The Hall–Kier alpha value is -0.970. The van der Waals surface area contributed by atoms with E-state index in [-0.39, 0.29) is 0 Å². The summed E-state index contributed by atoms with van der Waals surface area (Å²) in [7, 11) is 0. The topological polar surface area (TPSA) is 45.6 Å². The van der Waals surface area contributed by atoms with Gasteiger partial charge in [-0.15, -0.1) is 0 Å². The third kappa shape index (κ3) is 2.28. The molecule has 1 aromatic rings. The predicted octanol–water partition coefficient (Wildman–Crippen LogP) is 1.15. The highest BCUT2D eigenvalue weighted by atomic mass is 16.5. The van der Waals surface area contributed by atoms with E-state index in [9.17, 15) is 5.11 Å². The minimum absolute atomic E-state index is 0.554. The lowest BCUT2D eigenvalue weighted by Crippen LogP contribution is -2.47. The zero-order valence-corrected chi connectivity index (χ0v) is 10.6. The van der Waals surface area contributed by atoms with E-state index in [2.05, 4.69) is 9.88 Å². The number of aliphatic hydroxyl groups is 1. The van der Waals surface area contributed by atoms with Crippen molar-refractivity contribution in [3.8, 4) is 0 Å². The van der Waals surface area contributed by atoms with Crippen molar-refractivity contribution in [3.63, 3.8) is 0 Å². The molecule has 1 aromatic heterocycles. The Morgan fingerprint density at radius 2 is 2.17 bits per heavy atom. The summed E-state index contributed by atoms with van der Waals surface area (Å²) in [5.74, 6) is 0. The molecule has 0 spiro atoms. The number of hydrogen-bond acceptors (Lipinski definition) is 4. The Labute approximate surface area is 108 Å². The lowest BCUT2D eigenvalue weighted by molar-refractivity contribution is -0.0393. The van der Waals surface area contributed by atoms with Gasteiger partial charge in [0.15, 0.2) is 0 Å². The fourth-order valence-corrected chi connectivity index (χ4v) is 2.96. The molecule has 0 aromatic carbocycles. The third-order valence-electron chi connectivity index (χ3n) is 4.19. The monoisotopic (exact) mass is 248 g/mol. The highest BCUT2D eigenvalue weighted by molar-refractivity contribution is 5.14. The molecule has 4 heteroatoms. The maximum absolute atomic E-state index is 10.7. The van der Waals surface area contributed by atoms with E-state index < -0.39 is 5.60 Å². The second-order valence-corrected chi connectivity index (χ2v) is 5.30. The molecule has 2 fully saturated rings. The van der Waals surface area contributed by atoms with Crippen LogP contribution >= 0.6 is 0 Å². The number of likely N-dealkylation sites (tertiary alicyclic amines) is 1. The van der Waals surface area contributed by atoms with Crippen LogP contribution in [-0.4, -0.2) is 47.3 Å². The molecule has 0 saturated carbocycles. The van der Waals surface area contributed by atoms with Crippen molar-refractivity contribution >= 4 is 0 Å². The SMILES string of the molecule is OC1(c2ccccn2)CCN([C@H]2CCOC2)CC1. The van der Waals surface area contributed by atoms with Crippen molar-refractivity contribution in [3.05, 3.63) is 30.1 Å². The number of rotatable bonds is 2. The van der Waals surface area contributed by atoms with E-state index in [4.69, 9.17) is 4.74 Å². The van der Waals surface area contributed by atoms with Gasteiger partial charge in [0, 0.05) is 31.9 Å². The van der Waals surface area contributed by atoms with Crippen LogP contribution in [0.5, 0.6) is 0 Å². The van der Waals surface area contributed by atoms with Gasteiger partial charge in [0.1, 0.15) is 5.60 Å². The van der Waals surface area contributed by atoms with Crippen LogP contribution in [0.4, 0.5) is 0 Å². The molecule has 2 aliphatic rings. The summed E-state index contributed by atoms with van der Waals surface area (Å²) in [6.07, 6.45) is 4.41. The average molecular weight is 248 g/mol. The van der Waals surface area contributed by atoms with Crippen LogP contribution in [0, 0.1) is 0 Å². The van der Waals surface area contributed by atoms with E-state index in [1.807, 2.05) is 18.2 Å². The molecule has 3 rings (SSSR count). The standard InChI is InChI=1S/C14H20N2O2/c17-14(13-3-1-2-7-15-13)5-8-16(9-6-14)12-4-10-18-11-12/h1-3,7,12,17H,4-6,8-11H2/t12-/m0/s1. The number of aromatic nitrogens is 1. The fraction of sp³-hybridized carbons (Fsp3) is 0.643. The molecule has 0 radical (unpaired) electrons. The molecule has 1 N–H and O–H groups in total. The Morgan fingerprint density at radius 3 is 2.78 bits per heavy atom. The van der Waals surface area contributed by atoms with E-state index in [0.29, 0.717) is 6.04 Å². The van der Waals surface area contributed by atoms with Crippen LogP contribution in [0.3, 0.4) is 0 Å². The first-order valence-electron chi connectivity index (χ1n) is 6.74. The Morgan fingerprint density at radius 1 is 1.33 bits per heavy atom. The molecule has 0 aliphatic carbocycles. The molecule has 2 saturated heterocycles. The molecular formula is C14H20N2O2. The largest absolute Gasteiger partial charge is 0.383 e. The molecule has 0 bridgehead atoms. The molecule has 3 heterocycles. The minimum Gasteiger partial charge on any atom is -0.383 e. The van der Waals surface area contributed by atoms with Crippen molar-refractivity contribution in [1.82, 2.24) is 9.88 Å². The van der Waals surface area contributed by atoms with Gasteiger partial charge in [-0.05, 0) is 31.4 Å². The molecule has 0 amide bonds. The van der Waals surface area contributed by atoms with Crippen molar-refractivity contribution < 1.29 is 9.84 Å². The smallest absolute Gasteiger partial charge is 0.109 e. The van der Waals surface area contributed by atoms with Crippen LogP contribution in [0.25, 0.3) is 0 Å². The lowest BCUT2D eigenvalue weighted by atomic mass is 9.87. The molecule has 0 unspecified atom stereocenters. The van der Waals surface area contributed by atoms with Gasteiger partial charge in [-0.25, -0.2) is 0 Å². The highest BCUT2D eigenvalue weighted by Crippen LogP contribution is 2.32. The fourth-order valence-electron chi connectivity index (χ4n) is 2.96. The maximum Gasteiger partial charge on any atom is 0.109 e. The second kappa shape index (κ2) is 4.96. The van der Waals surface area contributed by atoms with E-state index in [0.717, 1.165) is 51.3 Å². The molecule has 98 valence electrons. The third-order valence-corrected chi connectivity index (χ3v) is 4.19. The average Bonchev–Trinajstić information content (AvgIpc) is 2.95. The predicted molar refractivity (Wildman–Crippen MR) is 68.2 cm³/mol.